The van der Waals surface area contributed by atoms with Crippen LogP contribution in [0.4, 0.5) is 22.2 Å². The van der Waals surface area contributed by atoms with Crippen LogP contribution in [0.5, 0.6) is 0 Å². The number of carbonyl (C=O) groups excluding carboxylic acids is 2. The molecule has 0 atom stereocenters. The molecule has 0 bridgehead atoms. The van der Waals surface area contributed by atoms with Crippen LogP contribution in [0.15, 0.2) is 47.8 Å². The number of anilines is 3. The first-order valence-corrected chi connectivity index (χ1v) is 9.92. The Morgan fingerprint density at radius 3 is 2.50 bits per heavy atom. The summed E-state index contributed by atoms with van der Waals surface area (Å²) < 4.78 is 0. The molecule has 2 aromatic carbocycles. The molecule has 0 fully saturated rings. The van der Waals surface area contributed by atoms with Crippen LogP contribution in [0.1, 0.15) is 24.2 Å². The molecule has 154 valence electrons. The highest BCUT2D eigenvalue weighted by Gasteiger charge is 2.18. The Balaban J connectivity index is 1.74. The second-order valence-corrected chi connectivity index (χ2v) is 7.13. The zero-order valence-corrected chi connectivity index (χ0v) is 17.1. The van der Waals surface area contributed by atoms with E-state index in [9.17, 15) is 19.7 Å². The van der Waals surface area contributed by atoms with Crippen LogP contribution < -0.4 is 16.0 Å². The number of rotatable bonds is 7. The molecule has 0 spiro atoms. The summed E-state index contributed by atoms with van der Waals surface area (Å²) in [5, 5.41) is 21.7. The van der Waals surface area contributed by atoms with Crippen molar-refractivity contribution in [1.82, 2.24) is 4.98 Å². The van der Waals surface area contributed by atoms with Gasteiger partial charge in [-0.15, -0.1) is 11.3 Å². The Kier molecular flexibility index (Phi) is 6.38. The minimum atomic E-state index is -0.527. The van der Waals surface area contributed by atoms with Crippen molar-refractivity contribution >= 4 is 45.3 Å². The molecule has 3 N–H and O–H groups in total. The van der Waals surface area contributed by atoms with Crippen LogP contribution in [0.25, 0.3) is 11.3 Å². The third-order valence-corrected chi connectivity index (χ3v) is 4.81. The van der Waals surface area contributed by atoms with Crippen molar-refractivity contribution < 1.29 is 14.5 Å². The van der Waals surface area contributed by atoms with Crippen molar-refractivity contribution in [2.24, 2.45) is 0 Å². The summed E-state index contributed by atoms with van der Waals surface area (Å²) in [6, 6.07) is 11.4. The van der Waals surface area contributed by atoms with Gasteiger partial charge in [-0.2, -0.15) is 0 Å². The summed E-state index contributed by atoms with van der Waals surface area (Å²) in [5.41, 5.74) is 2.53. The second-order valence-electron chi connectivity index (χ2n) is 6.27. The lowest BCUT2D eigenvalue weighted by Gasteiger charge is -2.07. The van der Waals surface area contributed by atoms with Crippen LogP contribution in [0.2, 0.25) is 0 Å². The van der Waals surface area contributed by atoms with Crippen molar-refractivity contribution in [3.8, 4) is 11.3 Å². The Bertz CT molecular complexity index is 1090. The Labute approximate surface area is 176 Å². The van der Waals surface area contributed by atoms with E-state index >= 15 is 0 Å². The van der Waals surface area contributed by atoms with Gasteiger partial charge in [0.1, 0.15) is 5.69 Å². The molecule has 0 aliphatic rings. The van der Waals surface area contributed by atoms with Gasteiger partial charge in [0.25, 0.3) is 11.6 Å². The van der Waals surface area contributed by atoms with E-state index in [0.29, 0.717) is 28.7 Å². The molecule has 30 heavy (non-hydrogen) atoms. The van der Waals surface area contributed by atoms with Gasteiger partial charge in [0.15, 0.2) is 5.13 Å². The highest BCUT2D eigenvalue weighted by atomic mass is 32.1. The van der Waals surface area contributed by atoms with Crippen molar-refractivity contribution in [2.75, 3.05) is 22.5 Å². The second kappa shape index (κ2) is 9.14. The smallest absolute Gasteiger partial charge is 0.293 e. The lowest BCUT2D eigenvalue weighted by atomic mass is 10.1. The number of nitrogens with zero attached hydrogens (tertiary/aromatic N) is 2. The number of nitro groups is 1. The van der Waals surface area contributed by atoms with E-state index in [1.165, 1.54) is 36.5 Å². The van der Waals surface area contributed by atoms with E-state index in [1.807, 2.05) is 19.1 Å². The van der Waals surface area contributed by atoms with Crippen molar-refractivity contribution in [3.05, 3.63) is 63.5 Å². The van der Waals surface area contributed by atoms with Crippen LogP contribution in [-0.2, 0) is 4.79 Å². The summed E-state index contributed by atoms with van der Waals surface area (Å²) in [4.78, 5) is 38.8. The fraction of sp³-hybridized carbons (Fsp3) is 0.150. The van der Waals surface area contributed by atoms with E-state index < -0.39 is 10.8 Å². The fourth-order valence-electron chi connectivity index (χ4n) is 2.72. The predicted molar refractivity (Wildman–Crippen MR) is 117 cm³/mol. The van der Waals surface area contributed by atoms with Gasteiger partial charge in [0, 0.05) is 41.7 Å². The number of nitro benzene ring substituents is 1. The van der Waals surface area contributed by atoms with Crippen LogP contribution in [0, 0.1) is 10.1 Å². The predicted octanol–water partition coefficient (Wildman–Crippen LogP) is 4.36. The number of thiazole rings is 1. The maximum absolute atomic E-state index is 12.5. The van der Waals surface area contributed by atoms with Gasteiger partial charge in [-0.1, -0.05) is 12.1 Å². The lowest BCUT2D eigenvalue weighted by Crippen LogP contribution is -2.12. The summed E-state index contributed by atoms with van der Waals surface area (Å²) >= 11 is 1.24. The fourth-order valence-corrected chi connectivity index (χ4v) is 3.44. The lowest BCUT2D eigenvalue weighted by molar-refractivity contribution is -0.384. The van der Waals surface area contributed by atoms with Crippen molar-refractivity contribution in [3.63, 3.8) is 0 Å². The molecule has 1 heterocycles. The zero-order valence-electron chi connectivity index (χ0n) is 16.3. The number of carbonyl (C=O) groups is 2. The van der Waals surface area contributed by atoms with Crippen molar-refractivity contribution in [2.45, 2.75) is 13.8 Å². The minimum absolute atomic E-state index is 0.153. The van der Waals surface area contributed by atoms with Gasteiger partial charge < -0.3 is 10.6 Å². The number of aromatic nitrogens is 1. The molecule has 9 nitrogen and oxygen atoms in total. The highest BCUT2D eigenvalue weighted by Crippen LogP contribution is 2.28. The average Bonchev–Trinajstić information content (AvgIpc) is 3.17. The molecule has 0 unspecified atom stereocenters. The van der Waals surface area contributed by atoms with E-state index in [0.717, 1.165) is 5.56 Å². The van der Waals surface area contributed by atoms with Crippen LogP contribution >= 0.6 is 11.3 Å². The molecule has 0 saturated heterocycles. The Morgan fingerprint density at radius 1 is 1.13 bits per heavy atom. The molecule has 0 radical (unpaired) electrons. The molecule has 2 amide bonds. The first-order valence-electron chi connectivity index (χ1n) is 9.04. The van der Waals surface area contributed by atoms with Crippen LogP contribution in [-0.4, -0.2) is 28.3 Å². The number of benzene rings is 2. The van der Waals surface area contributed by atoms with E-state index in [4.69, 9.17) is 0 Å². The standard InChI is InChI=1S/C20H19N5O4S/c1-3-21-16-9-6-14(10-18(16)25(28)29)19(27)24-20-23-17(11-30-20)13-4-7-15(8-5-13)22-12(2)26/h4-11,21H,3H2,1-2H3,(H,22,26)(H,23,24,27). The number of hydrogen-bond acceptors (Lipinski definition) is 7. The third kappa shape index (κ3) is 4.97. The number of hydrogen-bond donors (Lipinski definition) is 3. The molecule has 3 rings (SSSR count). The van der Waals surface area contributed by atoms with Gasteiger partial charge >= 0.3 is 0 Å². The maximum atomic E-state index is 12.5. The molecule has 1 aromatic heterocycles. The van der Waals surface area contributed by atoms with Crippen molar-refractivity contribution in [1.29, 1.82) is 0 Å². The number of nitrogens with one attached hydrogen (secondary N) is 3. The molecular weight excluding hydrogens is 406 g/mol. The summed E-state index contributed by atoms with van der Waals surface area (Å²) in [5.74, 6) is -0.636. The van der Waals surface area contributed by atoms with Gasteiger partial charge in [0.2, 0.25) is 5.91 Å². The van der Waals surface area contributed by atoms with E-state index in [1.54, 1.807) is 17.5 Å². The third-order valence-electron chi connectivity index (χ3n) is 4.05. The minimum Gasteiger partial charge on any atom is -0.380 e. The molecule has 0 saturated carbocycles. The summed E-state index contributed by atoms with van der Waals surface area (Å²) in [7, 11) is 0. The summed E-state index contributed by atoms with van der Waals surface area (Å²) in [6.07, 6.45) is 0. The molecule has 3 aromatic rings. The van der Waals surface area contributed by atoms with E-state index in [-0.39, 0.29) is 17.2 Å². The maximum Gasteiger partial charge on any atom is 0.293 e. The van der Waals surface area contributed by atoms with Gasteiger partial charge in [0.05, 0.1) is 10.6 Å². The Hall–Kier alpha value is -3.79. The zero-order chi connectivity index (χ0) is 21.7. The van der Waals surface area contributed by atoms with Gasteiger partial charge in [-0.05, 0) is 31.2 Å². The first kappa shape index (κ1) is 20.9. The number of amides is 2. The SMILES string of the molecule is CCNc1ccc(C(=O)Nc2nc(-c3ccc(NC(C)=O)cc3)cs2)cc1[N+](=O)[O-]. The molecule has 0 aliphatic heterocycles. The van der Waals surface area contributed by atoms with Crippen LogP contribution in [0.3, 0.4) is 0 Å². The Morgan fingerprint density at radius 2 is 1.87 bits per heavy atom. The highest BCUT2D eigenvalue weighted by molar-refractivity contribution is 7.14. The monoisotopic (exact) mass is 425 g/mol. The topological polar surface area (TPSA) is 126 Å². The van der Waals surface area contributed by atoms with E-state index in [2.05, 4.69) is 20.9 Å². The quantitative estimate of drug-likeness (QED) is 0.381. The largest absolute Gasteiger partial charge is 0.380 e. The summed E-state index contributed by atoms with van der Waals surface area (Å²) in [6.45, 7) is 3.80. The molecule has 10 heteroatoms. The molecular formula is C20H19N5O4S. The van der Waals surface area contributed by atoms with Gasteiger partial charge in [-0.25, -0.2) is 4.98 Å². The first-order chi connectivity index (χ1) is 14.4. The average molecular weight is 425 g/mol. The normalized spacial score (nSPS) is 10.3. The molecule has 0 aliphatic carbocycles. The van der Waals surface area contributed by atoms with Gasteiger partial charge in [-0.3, -0.25) is 25.0 Å².